The summed E-state index contributed by atoms with van der Waals surface area (Å²) in [6.07, 6.45) is 11.8. The Morgan fingerprint density at radius 3 is 2.43 bits per heavy atom. The second kappa shape index (κ2) is 9.96. The molecule has 118 valence electrons. The number of aliphatic hydroxyl groups is 1. The zero-order valence-corrected chi connectivity index (χ0v) is 15.0. The highest BCUT2D eigenvalue weighted by molar-refractivity contribution is 6.91. The maximum absolute atomic E-state index is 8.85. The van der Waals surface area contributed by atoms with Crippen molar-refractivity contribution in [1.29, 1.82) is 0 Å². The summed E-state index contributed by atoms with van der Waals surface area (Å²) in [5.41, 5.74) is 0.717. The van der Waals surface area contributed by atoms with Crippen LogP contribution in [-0.2, 0) is 0 Å². The highest BCUT2D eigenvalue weighted by atomic mass is 28.3. The van der Waals surface area contributed by atoms with Crippen LogP contribution in [0.5, 0.6) is 0 Å². The summed E-state index contributed by atoms with van der Waals surface area (Å²) in [6, 6.07) is 11.1. The van der Waals surface area contributed by atoms with Crippen LogP contribution in [0.25, 0.3) is 0 Å². The molecule has 1 atom stereocenters. The van der Waals surface area contributed by atoms with Crippen molar-refractivity contribution in [3.8, 4) is 0 Å². The lowest BCUT2D eigenvalue weighted by molar-refractivity contribution is 0.285. The van der Waals surface area contributed by atoms with Crippen molar-refractivity contribution in [2.45, 2.75) is 64.1 Å². The molecule has 21 heavy (non-hydrogen) atoms. The first-order valence-corrected chi connectivity index (χ1v) is 11.5. The first kappa shape index (κ1) is 18.2. The van der Waals surface area contributed by atoms with E-state index < -0.39 is 8.07 Å². The largest absolute Gasteiger partial charge is 0.396 e. The molecule has 0 aliphatic heterocycles. The van der Waals surface area contributed by atoms with Crippen LogP contribution in [0.3, 0.4) is 0 Å². The standard InChI is InChI=1S/C19H32OSi/c1-4-5-13-18(14-9-6-7-12-17-20)21(2,3)19-15-10-8-11-16-19/h8-11,14-16,18,20H,4-7,12-13,17H2,1-3H3/b14-9+/t18-/m0/s1. The van der Waals surface area contributed by atoms with Gasteiger partial charge in [0, 0.05) is 6.61 Å². The van der Waals surface area contributed by atoms with E-state index in [0.717, 1.165) is 19.3 Å². The number of rotatable bonds is 10. The van der Waals surface area contributed by atoms with Gasteiger partial charge in [0.1, 0.15) is 0 Å². The normalized spacial score (nSPS) is 13.7. The molecule has 0 fully saturated rings. The monoisotopic (exact) mass is 304 g/mol. The van der Waals surface area contributed by atoms with E-state index in [1.54, 1.807) is 5.19 Å². The fraction of sp³-hybridized carbons (Fsp3) is 0.579. The molecule has 0 heterocycles. The van der Waals surface area contributed by atoms with Crippen LogP contribution in [0.15, 0.2) is 42.5 Å². The fourth-order valence-corrected chi connectivity index (χ4v) is 5.86. The summed E-state index contributed by atoms with van der Waals surface area (Å²) in [6.45, 7) is 7.60. The summed E-state index contributed by atoms with van der Waals surface area (Å²) >= 11 is 0. The molecule has 0 amide bonds. The number of benzene rings is 1. The molecular formula is C19H32OSi. The SMILES string of the molecule is CCCC[C@@H](/C=C/CCCCO)[Si](C)(C)c1ccccc1. The molecule has 0 aliphatic carbocycles. The van der Waals surface area contributed by atoms with Crippen molar-refractivity contribution in [1.82, 2.24) is 0 Å². The predicted molar refractivity (Wildman–Crippen MR) is 96.9 cm³/mol. The third-order valence-electron chi connectivity index (χ3n) is 4.46. The minimum atomic E-state index is -1.45. The molecule has 0 aliphatic rings. The van der Waals surface area contributed by atoms with Crippen molar-refractivity contribution < 1.29 is 5.11 Å². The van der Waals surface area contributed by atoms with Gasteiger partial charge in [0.25, 0.3) is 0 Å². The van der Waals surface area contributed by atoms with E-state index in [9.17, 15) is 0 Å². The van der Waals surface area contributed by atoms with Gasteiger partial charge in [-0.15, -0.1) is 0 Å². The van der Waals surface area contributed by atoms with Crippen molar-refractivity contribution in [2.75, 3.05) is 6.61 Å². The van der Waals surface area contributed by atoms with Gasteiger partial charge in [-0.1, -0.05) is 80.5 Å². The molecular weight excluding hydrogens is 272 g/mol. The molecule has 1 nitrogen and oxygen atoms in total. The third kappa shape index (κ3) is 6.19. The van der Waals surface area contributed by atoms with Gasteiger partial charge in [-0.2, -0.15) is 0 Å². The Balaban J connectivity index is 2.75. The quantitative estimate of drug-likeness (QED) is 0.371. The van der Waals surface area contributed by atoms with Gasteiger partial charge in [0.2, 0.25) is 0 Å². The predicted octanol–water partition coefficient (Wildman–Crippen LogP) is 4.88. The molecule has 0 bridgehead atoms. The summed E-state index contributed by atoms with van der Waals surface area (Å²) in [4.78, 5) is 0. The lowest BCUT2D eigenvalue weighted by Crippen LogP contribution is -2.45. The topological polar surface area (TPSA) is 20.2 Å². The van der Waals surface area contributed by atoms with Crippen molar-refractivity contribution in [2.24, 2.45) is 0 Å². The number of hydrogen-bond acceptors (Lipinski definition) is 1. The van der Waals surface area contributed by atoms with Crippen molar-refractivity contribution in [3.05, 3.63) is 42.5 Å². The Morgan fingerprint density at radius 2 is 1.81 bits per heavy atom. The summed E-state index contributed by atoms with van der Waals surface area (Å²) < 4.78 is 0. The van der Waals surface area contributed by atoms with Gasteiger partial charge >= 0.3 is 0 Å². The molecule has 2 heteroatoms. The maximum atomic E-state index is 8.85. The van der Waals surface area contributed by atoms with E-state index in [1.165, 1.54) is 19.3 Å². The number of hydrogen-bond donors (Lipinski definition) is 1. The molecule has 0 radical (unpaired) electrons. The van der Waals surface area contributed by atoms with E-state index in [4.69, 9.17) is 5.11 Å². The van der Waals surface area contributed by atoms with Crippen LogP contribution in [0.2, 0.25) is 18.6 Å². The van der Waals surface area contributed by atoms with E-state index in [-0.39, 0.29) is 0 Å². The molecule has 0 aromatic heterocycles. The molecule has 1 aromatic carbocycles. The average Bonchev–Trinajstić information content (AvgIpc) is 2.50. The molecule has 1 aromatic rings. The van der Waals surface area contributed by atoms with Gasteiger partial charge in [-0.05, 0) is 31.2 Å². The number of aliphatic hydroxyl groups excluding tert-OH is 1. The lowest BCUT2D eigenvalue weighted by Gasteiger charge is -2.31. The summed E-state index contributed by atoms with van der Waals surface area (Å²) in [5.74, 6) is 0. The van der Waals surface area contributed by atoms with E-state index in [2.05, 4.69) is 62.5 Å². The minimum absolute atomic E-state index is 0.317. The molecule has 0 saturated heterocycles. The Kier molecular flexibility index (Phi) is 8.63. The van der Waals surface area contributed by atoms with Gasteiger partial charge in [0.15, 0.2) is 0 Å². The second-order valence-electron chi connectivity index (χ2n) is 6.48. The summed E-state index contributed by atoms with van der Waals surface area (Å²) in [5, 5.41) is 10.4. The zero-order chi connectivity index (χ0) is 15.6. The third-order valence-corrected chi connectivity index (χ3v) is 8.62. The van der Waals surface area contributed by atoms with Crippen LogP contribution in [0.4, 0.5) is 0 Å². The maximum Gasteiger partial charge on any atom is 0.0873 e. The Hall–Kier alpha value is -0.863. The fourth-order valence-electron chi connectivity index (χ4n) is 2.84. The van der Waals surface area contributed by atoms with Gasteiger partial charge in [-0.3, -0.25) is 0 Å². The van der Waals surface area contributed by atoms with Crippen LogP contribution in [-0.4, -0.2) is 19.8 Å². The Morgan fingerprint density at radius 1 is 1.10 bits per heavy atom. The lowest BCUT2D eigenvalue weighted by atomic mass is 10.1. The number of allylic oxidation sites excluding steroid dienone is 2. The van der Waals surface area contributed by atoms with Gasteiger partial charge in [-0.25, -0.2) is 0 Å². The van der Waals surface area contributed by atoms with Crippen LogP contribution < -0.4 is 5.19 Å². The second-order valence-corrected chi connectivity index (χ2v) is 11.2. The smallest absolute Gasteiger partial charge is 0.0873 e. The van der Waals surface area contributed by atoms with E-state index in [1.807, 2.05) is 0 Å². The van der Waals surface area contributed by atoms with Crippen molar-refractivity contribution in [3.63, 3.8) is 0 Å². The molecule has 1 rings (SSSR count). The van der Waals surface area contributed by atoms with Gasteiger partial charge in [0.05, 0.1) is 8.07 Å². The highest BCUT2D eigenvalue weighted by Gasteiger charge is 2.31. The van der Waals surface area contributed by atoms with Crippen LogP contribution in [0, 0.1) is 0 Å². The summed E-state index contributed by atoms with van der Waals surface area (Å²) in [7, 11) is -1.45. The van der Waals surface area contributed by atoms with Gasteiger partial charge < -0.3 is 5.11 Å². The van der Waals surface area contributed by atoms with Crippen LogP contribution in [0.1, 0.15) is 45.4 Å². The molecule has 1 N–H and O–H groups in total. The first-order chi connectivity index (χ1) is 10.1. The molecule has 0 unspecified atom stereocenters. The van der Waals surface area contributed by atoms with E-state index in [0.29, 0.717) is 12.1 Å². The molecule has 0 spiro atoms. The Bertz CT molecular complexity index is 397. The first-order valence-electron chi connectivity index (χ1n) is 8.46. The van der Waals surface area contributed by atoms with Crippen LogP contribution >= 0.6 is 0 Å². The highest BCUT2D eigenvalue weighted by Crippen LogP contribution is 2.29. The molecule has 0 saturated carbocycles. The van der Waals surface area contributed by atoms with Crippen molar-refractivity contribution >= 4 is 13.3 Å². The van der Waals surface area contributed by atoms with E-state index >= 15 is 0 Å². The average molecular weight is 305 g/mol. The minimum Gasteiger partial charge on any atom is -0.396 e. The Labute approximate surface area is 132 Å². The number of unbranched alkanes of at least 4 members (excludes halogenated alkanes) is 3. The zero-order valence-electron chi connectivity index (χ0n) is 14.0.